The maximum Gasteiger partial charge on any atom is 0.230 e. The fourth-order valence-corrected chi connectivity index (χ4v) is 6.33. The Morgan fingerprint density at radius 2 is 1.72 bits per heavy atom. The molecule has 0 bridgehead atoms. The van der Waals surface area contributed by atoms with Crippen LogP contribution in [0.2, 0.25) is 0 Å². The van der Waals surface area contributed by atoms with Crippen LogP contribution in [-0.4, -0.2) is 28.0 Å². The minimum Gasteiger partial charge on any atom is -0.345 e. The summed E-state index contributed by atoms with van der Waals surface area (Å²) in [6, 6.07) is 22.0. The summed E-state index contributed by atoms with van der Waals surface area (Å²) in [5.74, 6) is 0.941. The van der Waals surface area contributed by atoms with Crippen LogP contribution in [0.4, 0.5) is 0 Å². The van der Waals surface area contributed by atoms with Crippen molar-refractivity contribution in [3.8, 4) is 0 Å². The van der Waals surface area contributed by atoms with E-state index in [9.17, 15) is 4.79 Å². The van der Waals surface area contributed by atoms with E-state index in [2.05, 4.69) is 77.1 Å². The first kappa shape index (κ1) is 21.3. The predicted molar refractivity (Wildman–Crippen MR) is 132 cm³/mol. The number of carbonyl (C=O) groups is 1. The maximum atomic E-state index is 13.9. The molecule has 3 aromatic rings. The highest BCUT2D eigenvalue weighted by atomic mass is 16.2. The molecule has 2 aliphatic rings. The standard InChI is InChI=1S/C29H36N2O/c1-2-30-26(21-24-15-8-9-17-27(24)30)19-18-25-16-10-20-31(25)29(32)28(23-13-6-7-14-23)22-11-4-3-5-12-22/h3-5,8-9,11-12,15,17,21,23,25,28H,2,6-7,10,13-14,16,18-20H2,1H3/t25-,28?/m0/s1. The summed E-state index contributed by atoms with van der Waals surface area (Å²) in [6.45, 7) is 4.15. The van der Waals surface area contributed by atoms with Gasteiger partial charge in [-0.1, -0.05) is 61.4 Å². The smallest absolute Gasteiger partial charge is 0.230 e. The first-order chi connectivity index (χ1) is 15.8. The van der Waals surface area contributed by atoms with Gasteiger partial charge in [-0.25, -0.2) is 0 Å². The van der Waals surface area contributed by atoms with Crippen LogP contribution < -0.4 is 0 Å². The Labute approximate surface area is 192 Å². The van der Waals surface area contributed by atoms with E-state index in [0.717, 1.165) is 38.8 Å². The molecular formula is C29H36N2O. The van der Waals surface area contributed by atoms with Gasteiger partial charge in [0.15, 0.2) is 0 Å². The molecule has 1 unspecified atom stereocenters. The van der Waals surface area contributed by atoms with Gasteiger partial charge in [0, 0.05) is 30.3 Å². The lowest BCUT2D eigenvalue weighted by atomic mass is 9.83. The van der Waals surface area contributed by atoms with Gasteiger partial charge in [-0.05, 0) is 74.4 Å². The Kier molecular flexibility index (Phi) is 6.34. The van der Waals surface area contributed by atoms with Gasteiger partial charge >= 0.3 is 0 Å². The molecule has 32 heavy (non-hydrogen) atoms. The summed E-state index contributed by atoms with van der Waals surface area (Å²) in [6.07, 6.45) is 9.31. The molecule has 1 aliphatic carbocycles. The number of rotatable bonds is 7. The molecule has 2 fully saturated rings. The predicted octanol–water partition coefficient (Wildman–Crippen LogP) is 6.56. The molecule has 1 aromatic heterocycles. The Morgan fingerprint density at radius 3 is 2.50 bits per heavy atom. The van der Waals surface area contributed by atoms with E-state index in [1.165, 1.54) is 47.8 Å². The highest BCUT2D eigenvalue weighted by molar-refractivity contribution is 5.85. The zero-order valence-electron chi connectivity index (χ0n) is 19.4. The summed E-state index contributed by atoms with van der Waals surface area (Å²) >= 11 is 0. The molecule has 1 saturated heterocycles. The molecule has 3 heteroatoms. The number of nitrogens with zero attached hydrogens (tertiary/aromatic N) is 2. The van der Waals surface area contributed by atoms with Crippen molar-refractivity contribution in [2.24, 2.45) is 5.92 Å². The van der Waals surface area contributed by atoms with Gasteiger partial charge in [-0.15, -0.1) is 0 Å². The van der Waals surface area contributed by atoms with Crippen LogP contribution in [0.3, 0.4) is 0 Å². The maximum absolute atomic E-state index is 13.9. The molecule has 1 saturated carbocycles. The summed E-state index contributed by atoms with van der Waals surface area (Å²) < 4.78 is 2.45. The molecule has 2 aromatic carbocycles. The van der Waals surface area contributed by atoms with Gasteiger partial charge < -0.3 is 9.47 Å². The van der Waals surface area contributed by atoms with Crippen molar-refractivity contribution in [2.45, 2.75) is 76.8 Å². The number of amides is 1. The van der Waals surface area contributed by atoms with Gasteiger partial charge in [0.05, 0.1) is 5.92 Å². The fraction of sp³-hybridized carbons (Fsp3) is 0.483. The number of hydrogen-bond acceptors (Lipinski definition) is 1. The number of aryl methyl sites for hydroxylation is 2. The number of likely N-dealkylation sites (tertiary alicyclic amines) is 1. The molecule has 168 valence electrons. The van der Waals surface area contributed by atoms with Crippen molar-refractivity contribution in [2.75, 3.05) is 6.54 Å². The molecule has 3 nitrogen and oxygen atoms in total. The van der Waals surface area contributed by atoms with Crippen molar-refractivity contribution < 1.29 is 4.79 Å². The van der Waals surface area contributed by atoms with E-state index in [1.54, 1.807) is 0 Å². The number of aromatic nitrogens is 1. The average molecular weight is 429 g/mol. The topological polar surface area (TPSA) is 25.2 Å². The van der Waals surface area contributed by atoms with Crippen molar-refractivity contribution in [3.05, 3.63) is 71.9 Å². The number of fused-ring (bicyclic) bond motifs is 1. The van der Waals surface area contributed by atoms with Crippen LogP contribution in [0.25, 0.3) is 10.9 Å². The second kappa shape index (κ2) is 9.52. The molecule has 1 amide bonds. The summed E-state index contributed by atoms with van der Waals surface area (Å²) in [5, 5.41) is 1.33. The number of para-hydroxylation sites is 1. The Hall–Kier alpha value is -2.55. The van der Waals surface area contributed by atoms with Crippen LogP contribution >= 0.6 is 0 Å². The minimum absolute atomic E-state index is 0.0430. The first-order valence-electron chi connectivity index (χ1n) is 12.7. The molecule has 0 N–H and O–H groups in total. The second-order valence-corrected chi connectivity index (χ2v) is 9.74. The van der Waals surface area contributed by atoms with Gasteiger partial charge in [0.2, 0.25) is 5.91 Å². The normalized spacial score (nSPS) is 20.3. The fourth-order valence-electron chi connectivity index (χ4n) is 6.33. The highest BCUT2D eigenvalue weighted by Gasteiger charge is 2.38. The quantitative estimate of drug-likeness (QED) is 0.418. The van der Waals surface area contributed by atoms with Gasteiger partial charge in [-0.2, -0.15) is 0 Å². The van der Waals surface area contributed by atoms with E-state index in [0.29, 0.717) is 17.9 Å². The van der Waals surface area contributed by atoms with Gasteiger partial charge in [-0.3, -0.25) is 4.79 Å². The molecule has 1 aliphatic heterocycles. The Bertz CT molecular complexity index is 1050. The molecule has 0 spiro atoms. The largest absolute Gasteiger partial charge is 0.345 e. The van der Waals surface area contributed by atoms with E-state index in [1.807, 2.05) is 0 Å². The number of hydrogen-bond donors (Lipinski definition) is 0. The van der Waals surface area contributed by atoms with Crippen LogP contribution in [0, 0.1) is 5.92 Å². The van der Waals surface area contributed by atoms with Crippen molar-refractivity contribution in [1.29, 1.82) is 0 Å². The van der Waals surface area contributed by atoms with Crippen molar-refractivity contribution in [3.63, 3.8) is 0 Å². The summed E-state index contributed by atoms with van der Waals surface area (Å²) in [4.78, 5) is 16.2. The van der Waals surface area contributed by atoms with E-state index < -0.39 is 0 Å². The minimum atomic E-state index is 0.0430. The van der Waals surface area contributed by atoms with Crippen LogP contribution in [-0.2, 0) is 17.8 Å². The average Bonchev–Trinajstić information content (AvgIpc) is 3.58. The Balaban J connectivity index is 1.34. The monoisotopic (exact) mass is 428 g/mol. The number of benzene rings is 2. The highest BCUT2D eigenvalue weighted by Crippen LogP contribution is 2.40. The first-order valence-corrected chi connectivity index (χ1v) is 12.7. The van der Waals surface area contributed by atoms with Crippen LogP contribution in [0.15, 0.2) is 60.7 Å². The van der Waals surface area contributed by atoms with E-state index in [-0.39, 0.29) is 5.92 Å². The molecule has 5 rings (SSSR count). The summed E-state index contributed by atoms with van der Waals surface area (Å²) in [7, 11) is 0. The lowest BCUT2D eigenvalue weighted by Gasteiger charge is -2.32. The number of carbonyl (C=O) groups excluding carboxylic acids is 1. The van der Waals surface area contributed by atoms with Gasteiger partial charge in [0.1, 0.15) is 0 Å². The third kappa shape index (κ3) is 4.10. The second-order valence-electron chi connectivity index (χ2n) is 9.74. The van der Waals surface area contributed by atoms with Crippen LogP contribution in [0.5, 0.6) is 0 Å². The molecular weight excluding hydrogens is 392 g/mol. The van der Waals surface area contributed by atoms with Crippen molar-refractivity contribution in [1.82, 2.24) is 9.47 Å². The lowest BCUT2D eigenvalue weighted by Crippen LogP contribution is -2.41. The Morgan fingerprint density at radius 1 is 0.969 bits per heavy atom. The molecule has 2 atom stereocenters. The molecule has 0 radical (unpaired) electrons. The van der Waals surface area contributed by atoms with Crippen LogP contribution in [0.1, 0.15) is 69.0 Å². The third-order valence-electron chi connectivity index (χ3n) is 7.90. The van der Waals surface area contributed by atoms with E-state index >= 15 is 0 Å². The van der Waals surface area contributed by atoms with Gasteiger partial charge in [0.25, 0.3) is 0 Å². The zero-order chi connectivity index (χ0) is 21.9. The molecule has 2 heterocycles. The van der Waals surface area contributed by atoms with E-state index in [4.69, 9.17) is 0 Å². The summed E-state index contributed by atoms with van der Waals surface area (Å²) in [5.41, 5.74) is 3.96. The lowest BCUT2D eigenvalue weighted by molar-refractivity contribution is -0.135. The third-order valence-corrected chi connectivity index (χ3v) is 7.90. The zero-order valence-corrected chi connectivity index (χ0v) is 19.4. The SMILES string of the molecule is CCn1c(CC[C@@H]2CCCN2C(=O)C(c2ccccc2)C2CCCC2)cc2ccccc21. The van der Waals surface area contributed by atoms with Crippen molar-refractivity contribution >= 4 is 16.8 Å².